The summed E-state index contributed by atoms with van der Waals surface area (Å²) < 4.78 is 11.6. The Morgan fingerprint density at radius 1 is 0.974 bits per heavy atom. The number of piperazine rings is 1. The van der Waals surface area contributed by atoms with Crippen LogP contribution in [0.4, 0.5) is 0 Å². The van der Waals surface area contributed by atoms with Crippen LogP contribution in [-0.2, 0) is 4.79 Å². The first kappa shape index (κ1) is 26.4. The van der Waals surface area contributed by atoms with Gasteiger partial charge in [-0.05, 0) is 66.9 Å². The second kappa shape index (κ2) is 11.2. The zero-order valence-corrected chi connectivity index (χ0v) is 22.9. The van der Waals surface area contributed by atoms with Gasteiger partial charge in [-0.15, -0.1) is 0 Å². The number of nitrogens with zero attached hydrogens (tertiary/aromatic N) is 1. The number of carbonyl (C=O) groups is 1. The van der Waals surface area contributed by atoms with Crippen molar-refractivity contribution in [2.75, 3.05) is 20.2 Å². The van der Waals surface area contributed by atoms with Crippen LogP contribution in [0.2, 0.25) is 10.0 Å². The minimum atomic E-state index is -0.241. The van der Waals surface area contributed by atoms with Gasteiger partial charge < -0.3 is 20.1 Å². The number of ether oxygens (including phenoxy) is 2. The van der Waals surface area contributed by atoms with Crippen molar-refractivity contribution >= 4 is 34.9 Å². The van der Waals surface area contributed by atoms with Crippen LogP contribution in [0.1, 0.15) is 54.2 Å². The molecule has 9 heteroatoms. The number of amides is 1. The van der Waals surface area contributed by atoms with Crippen LogP contribution < -0.4 is 25.4 Å². The Morgan fingerprint density at radius 2 is 1.74 bits per heavy atom. The molecule has 0 saturated carbocycles. The van der Waals surface area contributed by atoms with E-state index in [-0.39, 0.29) is 36.7 Å². The molecule has 7 nitrogen and oxygen atoms in total. The maximum atomic E-state index is 11.8. The number of halogens is 2. The van der Waals surface area contributed by atoms with Crippen LogP contribution in [0.3, 0.4) is 0 Å². The molecular weight excluding hydrogens is 523 g/mol. The lowest BCUT2D eigenvalue weighted by Crippen LogP contribution is -2.47. The molecule has 5 rings (SSSR count). The molecular formula is C29H30Cl2N4O3. The number of benzene rings is 3. The van der Waals surface area contributed by atoms with E-state index in [0.717, 1.165) is 28.1 Å². The fraction of sp³-hybridized carbons (Fsp3) is 0.310. The van der Waals surface area contributed by atoms with E-state index in [0.29, 0.717) is 28.1 Å². The largest absolute Gasteiger partial charge is 0.497 e. The molecule has 1 amide bonds. The normalized spacial score (nSPS) is 21.1. The number of hydrogen-bond acceptors (Lipinski definition) is 6. The Bertz CT molecular complexity index is 1350. The van der Waals surface area contributed by atoms with Crippen molar-refractivity contribution < 1.29 is 14.3 Å². The lowest BCUT2D eigenvalue weighted by molar-refractivity contribution is -0.121. The lowest BCUT2D eigenvalue weighted by atomic mass is 9.88. The van der Waals surface area contributed by atoms with Gasteiger partial charge in [0.25, 0.3) is 0 Å². The molecule has 2 aliphatic heterocycles. The van der Waals surface area contributed by atoms with E-state index < -0.39 is 0 Å². The molecule has 2 heterocycles. The van der Waals surface area contributed by atoms with Gasteiger partial charge in [-0.25, -0.2) is 0 Å². The molecule has 0 spiro atoms. The van der Waals surface area contributed by atoms with E-state index in [9.17, 15) is 4.79 Å². The fourth-order valence-corrected chi connectivity index (χ4v) is 5.20. The number of amidine groups is 1. The average Bonchev–Trinajstić information content (AvgIpc) is 3.34. The monoisotopic (exact) mass is 552 g/mol. The highest BCUT2D eigenvalue weighted by Crippen LogP contribution is 2.42. The van der Waals surface area contributed by atoms with Crippen molar-refractivity contribution in [1.29, 1.82) is 0 Å². The van der Waals surface area contributed by atoms with Gasteiger partial charge in [0.1, 0.15) is 23.4 Å². The van der Waals surface area contributed by atoms with Crippen LogP contribution in [0.5, 0.6) is 11.5 Å². The predicted molar refractivity (Wildman–Crippen MR) is 151 cm³/mol. The lowest BCUT2D eigenvalue weighted by Gasteiger charge is -2.30. The molecule has 0 aromatic heterocycles. The van der Waals surface area contributed by atoms with Gasteiger partial charge in [-0.2, -0.15) is 0 Å². The summed E-state index contributed by atoms with van der Waals surface area (Å²) in [6, 6.07) is 18.9. The Balaban J connectivity index is 1.59. The second-order valence-electron chi connectivity index (χ2n) is 9.64. The molecule has 38 heavy (non-hydrogen) atoms. The van der Waals surface area contributed by atoms with Gasteiger partial charge in [-0.1, -0.05) is 41.4 Å². The summed E-state index contributed by atoms with van der Waals surface area (Å²) in [7, 11) is 1.63. The van der Waals surface area contributed by atoms with E-state index in [2.05, 4.69) is 16.0 Å². The van der Waals surface area contributed by atoms with Gasteiger partial charge >= 0.3 is 0 Å². The predicted octanol–water partition coefficient (Wildman–Crippen LogP) is 5.38. The number of rotatable bonds is 7. The van der Waals surface area contributed by atoms with Gasteiger partial charge in [0.15, 0.2) is 0 Å². The number of hydrogen-bond donors (Lipinski definition) is 3. The van der Waals surface area contributed by atoms with Gasteiger partial charge in [0.05, 0.1) is 37.4 Å². The Hall–Kier alpha value is -3.26. The van der Waals surface area contributed by atoms with Crippen molar-refractivity contribution in [3.63, 3.8) is 0 Å². The van der Waals surface area contributed by atoms with Crippen molar-refractivity contribution in [2.24, 2.45) is 4.99 Å². The highest BCUT2D eigenvalue weighted by Gasteiger charge is 2.36. The molecule has 3 aromatic rings. The highest BCUT2D eigenvalue weighted by molar-refractivity contribution is 6.30. The fourth-order valence-electron chi connectivity index (χ4n) is 4.89. The van der Waals surface area contributed by atoms with Crippen LogP contribution in [0.25, 0.3) is 0 Å². The van der Waals surface area contributed by atoms with Crippen molar-refractivity contribution in [2.45, 2.75) is 38.1 Å². The summed E-state index contributed by atoms with van der Waals surface area (Å²) in [6.07, 6.45) is -0.0267. The third kappa shape index (κ3) is 5.60. The van der Waals surface area contributed by atoms with Crippen molar-refractivity contribution in [3.8, 4) is 11.5 Å². The number of aliphatic imine (C=N–C) groups is 1. The highest BCUT2D eigenvalue weighted by atomic mass is 35.5. The Kier molecular flexibility index (Phi) is 7.79. The molecule has 2 aliphatic rings. The van der Waals surface area contributed by atoms with Gasteiger partial charge in [-0.3, -0.25) is 15.1 Å². The summed E-state index contributed by atoms with van der Waals surface area (Å²) in [5.41, 5.74) is 3.92. The van der Waals surface area contributed by atoms with Crippen molar-refractivity contribution in [1.82, 2.24) is 16.0 Å². The molecule has 198 valence electrons. The molecule has 0 radical (unpaired) electrons. The standard InChI is InChI=1S/C29H30Cl2N4O3/c1-16(2)38-25-13-20(37-3)9-11-22(25)29-34-27(17-4-6-18(30)7-5-17)28(35-29)21-10-8-19(31)12-23(21)24-14-33-26(36)15-32-24/h4-13,16,24,27-28,32H,14-15H2,1-3H3,(H,33,36)(H,34,35)/t24?,27-,28+/m1/s1. The first-order valence-corrected chi connectivity index (χ1v) is 13.3. The van der Waals surface area contributed by atoms with Crippen LogP contribution in [-0.4, -0.2) is 38.0 Å². The summed E-state index contributed by atoms with van der Waals surface area (Å²) in [5, 5.41) is 11.3. The smallest absolute Gasteiger partial charge is 0.234 e. The molecule has 1 unspecified atom stereocenters. The summed E-state index contributed by atoms with van der Waals surface area (Å²) in [6.45, 7) is 4.70. The molecule has 3 N–H and O–H groups in total. The van der Waals surface area contributed by atoms with Crippen molar-refractivity contribution in [3.05, 3.63) is 93.0 Å². The zero-order chi connectivity index (χ0) is 26.8. The SMILES string of the molecule is COc1ccc(C2=N[C@H](c3ccc(Cl)cc3)[C@H](c3ccc(Cl)cc3C3CNC(=O)CN3)N2)c(OC(C)C)c1. The average molecular weight is 553 g/mol. The molecule has 0 aliphatic carbocycles. The third-order valence-corrected chi connectivity index (χ3v) is 7.15. The number of carbonyl (C=O) groups excluding carboxylic acids is 1. The first-order valence-electron chi connectivity index (χ1n) is 12.6. The van der Waals surface area contributed by atoms with Gasteiger partial charge in [0.2, 0.25) is 5.91 Å². The second-order valence-corrected chi connectivity index (χ2v) is 10.5. The maximum Gasteiger partial charge on any atom is 0.234 e. The Labute approximate surface area is 232 Å². The molecule has 1 fully saturated rings. The van der Waals surface area contributed by atoms with E-state index in [1.165, 1.54) is 0 Å². The summed E-state index contributed by atoms with van der Waals surface area (Å²) >= 11 is 12.7. The minimum absolute atomic E-state index is 0.0225. The van der Waals surface area contributed by atoms with E-state index in [1.54, 1.807) is 7.11 Å². The first-order chi connectivity index (χ1) is 18.3. The number of methoxy groups -OCH3 is 1. The van der Waals surface area contributed by atoms with Crippen LogP contribution >= 0.6 is 23.2 Å². The topological polar surface area (TPSA) is 84.0 Å². The minimum Gasteiger partial charge on any atom is -0.497 e. The molecule has 3 atom stereocenters. The van der Waals surface area contributed by atoms with E-state index >= 15 is 0 Å². The third-order valence-electron chi connectivity index (χ3n) is 6.67. The molecule has 1 saturated heterocycles. The summed E-state index contributed by atoms with van der Waals surface area (Å²) in [4.78, 5) is 17.0. The maximum absolute atomic E-state index is 11.8. The Morgan fingerprint density at radius 3 is 2.42 bits per heavy atom. The number of nitrogens with one attached hydrogen (secondary N) is 3. The summed E-state index contributed by atoms with van der Waals surface area (Å²) in [5.74, 6) is 2.10. The van der Waals surface area contributed by atoms with Gasteiger partial charge in [0, 0.05) is 22.7 Å². The van der Waals surface area contributed by atoms with Crippen LogP contribution in [0, 0.1) is 0 Å². The van der Waals surface area contributed by atoms with E-state index in [1.807, 2.05) is 74.5 Å². The molecule has 3 aromatic carbocycles. The zero-order valence-electron chi connectivity index (χ0n) is 21.4. The van der Waals surface area contributed by atoms with Crippen LogP contribution in [0.15, 0.2) is 65.7 Å². The molecule has 0 bridgehead atoms. The van der Waals surface area contributed by atoms with E-state index in [4.69, 9.17) is 37.7 Å². The quantitative estimate of drug-likeness (QED) is 0.366.